The van der Waals surface area contributed by atoms with Crippen molar-refractivity contribution in [3.05, 3.63) is 54.2 Å². The van der Waals surface area contributed by atoms with Gasteiger partial charge in [-0.25, -0.2) is 15.0 Å². The lowest BCUT2D eigenvalue weighted by Crippen LogP contribution is -2.44. The molecule has 2 fully saturated rings. The number of aliphatic hydroxyl groups is 1. The molecule has 12 heteroatoms. The van der Waals surface area contributed by atoms with E-state index in [-0.39, 0.29) is 18.8 Å². The molecule has 1 unspecified atom stereocenters. The molecule has 2 aliphatic heterocycles. The molecule has 0 aliphatic carbocycles. The predicted molar refractivity (Wildman–Crippen MR) is 104 cm³/mol. The van der Waals surface area contributed by atoms with Gasteiger partial charge in [-0.05, 0) is 0 Å². The van der Waals surface area contributed by atoms with Crippen molar-refractivity contribution in [1.29, 1.82) is 0 Å². The molecule has 160 valence electrons. The number of fused-ring (bicyclic) bond motifs is 3. The zero-order chi connectivity index (χ0) is 21.6. The highest BCUT2D eigenvalue weighted by Gasteiger charge is 2.66. The Hall–Kier alpha value is -2.66. The summed E-state index contributed by atoms with van der Waals surface area (Å²) < 4.78 is 29.7. The summed E-state index contributed by atoms with van der Waals surface area (Å²) in [7, 11) is -2.92. The third-order valence-electron chi connectivity index (χ3n) is 5.58. The summed E-state index contributed by atoms with van der Waals surface area (Å²) in [6.07, 6.45) is 0.379. The number of Topliss-reactive ketones (excluding diaryl/α,β-unsaturated/α-hetero) is 1. The van der Waals surface area contributed by atoms with Gasteiger partial charge in [0.05, 0.1) is 31.7 Å². The quantitative estimate of drug-likeness (QED) is 0.398. The van der Waals surface area contributed by atoms with E-state index in [1.54, 1.807) is 28.8 Å². The van der Waals surface area contributed by atoms with Gasteiger partial charge in [-0.15, -0.1) is 9.42 Å². The van der Waals surface area contributed by atoms with Gasteiger partial charge in [0.25, 0.3) is 0 Å². The number of hydrogen-bond donors (Lipinski definition) is 2. The number of rotatable bonds is 7. The second-order valence-electron chi connectivity index (χ2n) is 7.38. The Morgan fingerprint density at radius 2 is 2.10 bits per heavy atom. The fraction of sp³-hybridized carbons (Fsp3) is 0.368. The molecule has 2 saturated heterocycles. The number of ether oxygens (including phenoxy) is 2. The standard InChI is InChI=1S/C19H17N4O7P/c24-7-19-8-28-15(16(19)30-31(26)27)18(29-19)23-10-22-14-12(20-9-21-17(14)23)6-13(25)11-4-2-1-3-5-11/h1-5,9-10,15-16,18,24H,6-8H2/p+1/t15-,16+,18-,19-/m1/s1. The number of imidazole rings is 1. The van der Waals surface area contributed by atoms with E-state index in [2.05, 4.69) is 15.0 Å². The van der Waals surface area contributed by atoms with Crippen LogP contribution >= 0.6 is 8.25 Å². The van der Waals surface area contributed by atoms with Crippen molar-refractivity contribution in [3.63, 3.8) is 0 Å². The van der Waals surface area contributed by atoms with E-state index in [0.29, 0.717) is 22.4 Å². The van der Waals surface area contributed by atoms with E-state index in [1.165, 1.54) is 12.7 Å². The van der Waals surface area contributed by atoms with Crippen LogP contribution in [-0.2, 0) is 25.0 Å². The zero-order valence-electron chi connectivity index (χ0n) is 16.1. The maximum absolute atomic E-state index is 12.6. The van der Waals surface area contributed by atoms with Crippen LogP contribution in [0.25, 0.3) is 11.2 Å². The van der Waals surface area contributed by atoms with Crippen LogP contribution in [0.5, 0.6) is 0 Å². The molecular weight excluding hydrogens is 427 g/mol. The van der Waals surface area contributed by atoms with Crippen LogP contribution in [0.3, 0.4) is 0 Å². The zero-order valence-corrected chi connectivity index (χ0v) is 17.0. The first-order valence-electron chi connectivity index (χ1n) is 9.50. The Morgan fingerprint density at radius 3 is 2.84 bits per heavy atom. The highest BCUT2D eigenvalue weighted by Crippen LogP contribution is 2.49. The molecule has 1 aromatic carbocycles. The Kier molecular flexibility index (Phi) is 5.09. The minimum Gasteiger partial charge on any atom is -0.393 e. The number of nitrogens with zero attached hydrogens (tertiary/aromatic N) is 4. The van der Waals surface area contributed by atoms with Crippen molar-refractivity contribution in [2.45, 2.75) is 30.5 Å². The number of aromatic nitrogens is 4. The molecule has 5 atom stereocenters. The number of benzene rings is 1. The molecule has 11 nitrogen and oxygen atoms in total. The van der Waals surface area contributed by atoms with Gasteiger partial charge in [-0.1, -0.05) is 30.3 Å². The van der Waals surface area contributed by atoms with Gasteiger partial charge < -0.3 is 14.6 Å². The molecule has 5 rings (SSSR count). The third-order valence-corrected chi connectivity index (χ3v) is 5.98. The van der Waals surface area contributed by atoms with Gasteiger partial charge >= 0.3 is 8.25 Å². The molecule has 0 saturated carbocycles. The molecule has 0 spiro atoms. The topological polar surface area (TPSA) is 146 Å². The number of ketones is 1. The smallest absolute Gasteiger partial charge is 0.393 e. The summed E-state index contributed by atoms with van der Waals surface area (Å²) >= 11 is 0. The van der Waals surface area contributed by atoms with Crippen LogP contribution in [0.2, 0.25) is 0 Å². The first kappa shape index (κ1) is 20.3. The van der Waals surface area contributed by atoms with Crippen molar-refractivity contribution in [2.75, 3.05) is 13.2 Å². The van der Waals surface area contributed by atoms with Gasteiger partial charge in [0.15, 0.2) is 29.4 Å². The largest absolute Gasteiger partial charge is 0.695 e. The van der Waals surface area contributed by atoms with Crippen LogP contribution < -0.4 is 0 Å². The molecule has 2 aromatic heterocycles. The lowest BCUT2D eigenvalue weighted by Gasteiger charge is -2.29. The maximum atomic E-state index is 12.6. The molecule has 0 amide bonds. The molecular formula is C19H18N4O7P+. The molecule has 4 heterocycles. The molecule has 0 radical (unpaired) electrons. The summed E-state index contributed by atoms with van der Waals surface area (Å²) in [5.41, 5.74) is 0.610. The van der Waals surface area contributed by atoms with Crippen molar-refractivity contribution in [3.8, 4) is 0 Å². The van der Waals surface area contributed by atoms with Gasteiger partial charge in [0, 0.05) is 10.1 Å². The lowest BCUT2D eigenvalue weighted by atomic mass is 10.0. The Balaban J connectivity index is 1.47. The molecule has 31 heavy (non-hydrogen) atoms. The predicted octanol–water partition coefficient (Wildman–Crippen LogP) is 0.945. The van der Waals surface area contributed by atoms with Gasteiger partial charge in [0.1, 0.15) is 17.9 Å². The number of carbonyl (C=O) groups excluding carboxylic acids is 1. The van der Waals surface area contributed by atoms with Crippen LogP contribution in [0, 0.1) is 0 Å². The summed E-state index contributed by atoms with van der Waals surface area (Å²) in [5, 5.41) is 9.86. The average molecular weight is 445 g/mol. The summed E-state index contributed by atoms with van der Waals surface area (Å²) in [6.45, 7) is -0.427. The SMILES string of the molecule is O=C(Cc1ncnc2c1ncn2[C@@H]1O[C@]2(CO)CO[C@@H]1[C@@H]2O[P+](=O)O)c1ccccc1. The van der Waals surface area contributed by atoms with Crippen molar-refractivity contribution < 1.29 is 33.4 Å². The van der Waals surface area contributed by atoms with E-state index >= 15 is 0 Å². The second kappa shape index (κ2) is 7.79. The van der Waals surface area contributed by atoms with Gasteiger partial charge in [-0.3, -0.25) is 9.36 Å². The normalized spacial score (nSPS) is 27.7. The lowest BCUT2D eigenvalue weighted by molar-refractivity contribution is -0.184. The fourth-order valence-electron chi connectivity index (χ4n) is 4.08. The van der Waals surface area contributed by atoms with Crippen LogP contribution in [0.4, 0.5) is 0 Å². The molecule has 2 aliphatic rings. The van der Waals surface area contributed by atoms with E-state index < -0.39 is 38.9 Å². The monoisotopic (exact) mass is 445 g/mol. The van der Waals surface area contributed by atoms with Crippen LogP contribution in [0.1, 0.15) is 22.3 Å². The summed E-state index contributed by atoms with van der Waals surface area (Å²) in [6, 6.07) is 8.89. The first-order valence-corrected chi connectivity index (χ1v) is 10.6. The molecule has 2 N–H and O–H groups in total. The van der Waals surface area contributed by atoms with Crippen molar-refractivity contribution in [2.24, 2.45) is 0 Å². The Morgan fingerprint density at radius 1 is 1.29 bits per heavy atom. The second-order valence-corrected chi connectivity index (χ2v) is 8.07. The number of hydrogen-bond acceptors (Lipinski definition) is 9. The maximum Gasteiger partial charge on any atom is 0.695 e. The number of carbonyl (C=O) groups is 1. The average Bonchev–Trinajstić information content (AvgIpc) is 3.44. The van der Waals surface area contributed by atoms with E-state index in [4.69, 9.17) is 14.0 Å². The summed E-state index contributed by atoms with van der Waals surface area (Å²) in [5.74, 6) is -0.103. The molecule has 2 bridgehead atoms. The van der Waals surface area contributed by atoms with E-state index in [1.807, 2.05) is 6.07 Å². The molecule has 3 aromatic rings. The first-order chi connectivity index (χ1) is 15.0. The summed E-state index contributed by atoms with van der Waals surface area (Å²) in [4.78, 5) is 34.7. The van der Waals surface area contributed by atoms with E-state index in [9.17, 15) is 19.4 Å². The number of aliphatic hydroxyl groups excluding tert-OH is 1. The highest BCUT2D eigenvalue weighted by molar-refractivity contribution is 7.32. The van der Waals surface area contributed by atoms with Gasteiger partial charge in [0.2, 0.25) is 0 Å². The minimum absolute atomic E-state index is 0.0247. The van der Waals surface area contributed by atoms with Crippen LogP contribution in [-0.4, -0.2) is 66.3 Å². The van der Waals surface area contributed by atoms with Gasteiger partial charge in [-0.2, -0.15) is 0 Å². The van der Waals surface area contributed by atoms with E-state index in [0.717, 1.165) is 0 Å². The minimum atomic E-state index is -2.92. The highest BCUT2D eigenvalue weighted by atomic mass is 31.1. The van der Waals surface area contributed by atoms with Crippen LogP contribution in [0.15, 0.2) is 43.0 Å². The van der Waals surface area contributed by atoms with Crippen molar-refractivity contribution in [1.82, 2.24) is 19.5 Å². The Bertz CT molecular complexity index is 1160. The fourth-order valence-corrected chi connectivity index (χ4v) is 4.59. The Labute approximate surface area is 176 Å². The van der Waals surface area contributed by atoms with Crippen molar-refractivity contribution >= 4 is 25.2 Å². The third kappa shape index (κ3) is 3.35.